The second-order valence-electron chi connectivity index (χ2n) is 8.36. The normalized spacial score (nSPS) is 12.8. The monoisotopic (exact) mass is 514 g/mol. The predicted molar refractivity (Wildman–Crippen MR) is 131 cm³/mol. The minimum atomic E-state index is -4.59. The van der Waals surface area contributed by atoms with Crippen molar-refractivity contribution in [2.45, 2.75) is 12.4 Å². The van der Waals surface area contributed by atoms with Gasteiger partial charge in [-0.05, 0) is 51.9 Å². The summed E-state index contributed by atoms with van der Waals surface area (Å²) in [6.45, 7) is 0. The molecule has 0 N–H and O–H groups in total. The van der Waals surface area contributed by atoms with Crippen LogP contribution in [0.4, 0.5) is 26.3 Å². The molecule has 0 spiro atoms. The quantitative estimate of drug-likeness (QED) is 0.137. The topological polar surface area (TPSA) is 17.1 Å². The van der Waals surface area contributed by atoms with Crippen molar-refractivity contribution < 1.29 is 30.9 Å². The molecule has 8 heteroatoms. The highest BCUT2D eigenvalue weighted by molar-refractivity contribution is 7.85. The smallest absolute Gasteiger partial charge is 0.309 e. The average molecular weight is 514 g/mol. The molecule has 0 aromatic heterocycles. The fourth-order valence-electron chi connectivity index (χ4n) is 4.44. The first-order chi connectivity index (χ1) is 17.0. The summed E-state index contributed by atoms with van der Waals surface area (Å²) >= 11 is 0. The number of hydrogen-bond acceptors (Lipinski definition) is 1. The number of fused-ring (bicyclic) bond motifs is 3. The minimum absolute atomic E-state index is 0.0932. The molecular weight excluding hydrogens is 497 g/mol. The van der Waals surface area contributed by atoms with E-state index < -0.39 is 30.6 Å². The summed E-state index contributed by atoms with van der Waals surface area (Å²) in [7, 11) is -3.91. The van der Waals surface area contributed by atoms with Gasteiger partial charge in [0.2, 0.25) is 0 Å². The first-order valence-electron chi connectivity index (χ1n) is 10.9. The molecule has 0 heterocycles. The maximum Gasteiger partial charge on any atom is 0.416 e. The zero-order chi connectivity index (χ0) is 25.7. The van der Waals surface area contributed by atoms with Crippen LogP contribution in [0.5, 0.6) is 0 Å². The van der Waals surface area contributed by atoms with Gasteiger partial charge in [0.15, 0.2) is 7.14 Å². The van der Waals surface area contributed by atoms with Gasteiger partial charge >= 0.3 is 12.4 Å². The van der Waals surface area contributed by atoms with Gasteiger partial charge < -0.3 is 4.57 Å². The van der Waals surface area contributed by atoms with Crippen LogP contribution in [0.3, 0.4) is 0 Å². The van der Waals surface area contributed by atoms with Crippen molar-refractivity contribution in [2.75, 3.05) is 0 Å². The van der Waals surface area contributed by atoms with E-state index in [-0.39, 0.29) is 10.6 Å². The van der Waals surface area contributed by atoms with Crippen LogP contribution in [0.15, 0.2) is 103 Å². The third-order valence-corrected chi connectivity index (χ3v) is 9.30. The zero-order valence-corrected chi connectivity index (χ0v) is 19.3. The Morgan fingerprint density at radius 1 is 0.500 bits per heavy atom. The summed E-state index contributed by atoms with van der Waals surface area (Å²) in [6.07, 6.45) is -9.18. The van der Waals surface area contributed by atoms with Gasteiger partial charge in [-0.1, -0.05) is 72.8 Å². The Labute approximate surface area is 202 Å². The van der Waals surface area contributed by atoms with E-state index in [9.17, 15) is 26.3 Å². The molecule has 0 aliphatic rings. The third-order valence-electron chi connectivity index (χ3n) is 6.20. The van der Waals surface area contributed by atoms with Crippen molar-refractivity contribution in [2.24, 2.45) is 0 Å². The van der Waals surface area contributed by atoms with Crippen molar-refractivity contribution in [1.29, 1.82) is 0 Å². The van der Waals surface area contributed by atoms with E-state index in [0.29, 0.717) is 10.7 Å². The second-order valence-corrected chi connectivity index (χ2v) is 11.1. The number of halogens is 6. The predicted octanol–water partition coefficient (Wildman–Crippen LogP) is 7.67. The maximum atomic E-state index is 15.0. The van der Waals surface area contributed by atoms with E-state index in [1.807, 2.05) is 36.4 Å². The molecule has 5 aromatic rings. The molecule has 0 bridgehead atoms. The van der Waals surface area contributed by atoms with E-state index in [0.717, 1.165) is 64.7 Å². The van der Waals surface area contributed by atoms with Crippen LogP contribution < -0.4 is 15.9 Å². The number of hydrogen-bond donors (Lipinski definition) is 0. The van der Waals surface area contributed by atoms with Gasteiger partial charge in [0.25, 0.3) is 0 Å². The molecular formula is C28H17F6OP. The number of alkyl halides is 6. The second kappa shape index (κ2) is 8.52. The Balaban J connectivity index is 1.84. The highest BCUT2D eigenvalue weighted by Crippen LogP contribution is 2.46. The van der Waals surface area contributed by atoms with Crippen molar-refractivity contribution in [3.05, 3.63) is 114 Å². The Bertz CT molecular complexity index is 1560. The van der Waals surface area contributed by atoms with Crippen LogP contribution in [-0.2, 0) is 16.9 Å². The lowest BCUT2D eigenvalue weighted by molar-refractivity contribution is -0.138. The van der Waals surface area contributed by atoms with Gasteiger partial charge in [-0.2, -0.15) is 26.3 Å². The lowest BCUT2D eigenvalue weighted by Crippen LogP contribution is -2.26. The van der Waals surface area contributed by atoms with Crippen molar-refractivity contribution >= 4 is 44.6 Å². The first kappa shape index (κ1) is 24.1. The molecule has 0 aliphatic carbocycles. The van der Waals surface area contributed by atoms with Crippen LogP contribution in [0, 0.1) is 0 Å². The van der Waals surface area contributed by atoms with Crippen molar-refractivity contribution in [3.63, 3.8) is 0 Å². The van der Waals surface area contributed by atoms with Crippen molar-refractivity contribution in [3.8, 4) is 0 Å². The molecule has 0 unspecified atom stereocenters. The highest BCUT2D eigenvalue weighted by Gasteiger charge is 2.36. The Morgan fingerprint density at radius 3 is 1.39 bits per heavy atom. The van der Waals surface area contributed by atoms with Crippen LogP contribution in [0.1, 0.15) is 11.1 Å². The minimum Gasteiger partial charge on any atom is -0.309 e. The third kappa shape index (κ3) is 4.07. The largest absolute Gasteiger partial charge is 0.416 e. The summed E-state index contributed by atoms with van der Waals surface area (Å²) in [5.74, 6) is 0. The molecule has 5 rings (SSSR count). The lowest BCUT2D eigenvalue weighted by Gasteiger charge is -2.23. The average Bonchev–Trinajstić information content (AvgIpc) is 2.87. The molecule has 5 aromatic carbocycles. The fourth-order valence-corrected chi connectivity index (χ4v) is 7.29. The summed E-state index contributed by atoms with van der Waals surface area (Å²) in [6, 6.07) is 24.3. The summed E-state index contributed by atoms with van der Waals surface area (Å²) in [4.78, 5) is 0. The van der Waals surface area contributed by atoms with Gasteiger partial charge in [0.05, 0.1) is 11.1 Å². The van der Waals surface area contributed by atoms with Crippen LogP contribution in [0.25, 0.3) is 21.5 Å². The SMILES string of the molecule is O=P(c1ccc(C(F)(F)F)cc1)(c1ccc(C(F)(F)F)cc1)c1cc2ccccc2c2ccccc12. The highest BCUT2D eigenvalue weighted by atomic mass is 31.2. The van der Waals surface area contributed by atoms with E-state index in [1.165, 1.54) is 0 Å². The molecule has 182 valence electrons. The molecule has 0 amide bonds. The Morgan fingerprint density at radius 2 is 0.917 bits per heavy atom. The lowest BCUT2D eigenvalue weighted by atomic mass is 10.0. The van der Waals surface area contributed by atoms with E-state index in [2.05, 4.69) is 0 Å². The van der Waals surface area contributed by atoms with E-state index in [1.54, 1.807) is 18.2 Å². The Hall–Kier alpha value is -3.57. The molecule has 0 aliphatic heterocycles. The summed E-state index contributed by atoms with van der Waals surface area (Å²) in [5.41, 5.74) is -1.82. The van der Waals surface area contributed by atoms with Crippen LogP contribution >= 0.6 is 7.14 Å². The zero-order valence-electron chi connectivity index (χ0n) is 18.4. The molecule has 0 saturated carbocycles. The fraction of sp³-hybridized carbons (Fsp3) is 0.0714. The Kier molecular flexibility index (Phi) is 5.72. The number of rotatable bonds is 3. The molecule has 1 nitrogen and oxygen atoms in total. The van der Waals surface area contributed by atoms with Gasteiger partial charge in [-0.15, -0.1) is 0 Å². The first-order valence-corrected chi connectivity index (χ1v) is 12.6. The molecule has 36 heavy (non-hydrogen) atoms. The molecule has 0 saturated heterocycles. The summed E-state index contributed by atoms with van der Waals surface area (Å²) < 4.78 is 94.4. The van der Waals surface area contributed by atoms with Crippen molar-refractivity contribution in [1.82, 2.24) is 0 Å². The maximum absolute atomic E-state index is 15.0. The van der Waals surface area contributed by atoms with Crippen LogP contribution in [0.2, 0.25) is 0 Å². The standard InChI is InChI=1S/C28H17F6OP/c29-27(30,31)19-9-13-21(14-10-19)36(35,22-15-11-20(12-16-22)28(32,33)34)26-17-18-5-1-2-6-23(18)24-7-3-4-8-25(24)26/h1-17H. The molecule has 0 atom stereocenters. The van der Waals surface area contributed by atoms with E-state index >= 15 is 4.57 Å². The van der Waals surface area contributed by atoms with Gasteiger partial charge in [-0.3, -0.25) is 0 Å². The van der Waals surface area contributed by atoms with Crippen LogP contribution in [-0.4, -0.2) is 0 Å². The van der Waals surface area contributed by atoms with Gasteiger partial charge in [-0.25, -0.2) is 0 Å². The molecule has 0 fully saturated rings. The number of benzene rings is 5. The van der Waals surface area contributed by atoms with E-state index in [4.69, 9.17) is 0 Å². The summed E-state index contributed by atoms with van der Waals surface area (Å²) in [5, 5.41) is 3.57. The van der Waals surface area contributed by atoms with Gasteiger partial charge in [0, 0.05) is 15.9 Å². The molecule has 0 radical (unpaired) electrons. The van der Waals surface area contributed by atoms with Gasteiger partial charge in [0.1, 0.15) is 0 Å².